The summed E-state index contributed by atoms with van der Waals surface area (Å²) < 4.78 is 26.2. The Hall–Kier alpha value is -1.99. The second-order valence-corrected chi connectivity index (χ2v) is 6.05. The maximum Gasteiger partial charge on any atom is 0.242 e. The van der Waals surface area contributed by atoms with E-state index in [2.05, 4.69) is 20.0 Å². The topological polar surface area (TPSA) is 84.0 Å². The lowest BCUT2D eigenvalue weighted by Gasteiger charge is -2.17. The minimum absolute atomic E-state index is 0.156. The maximum absolute atomic E-state index is 12.0. The summed E-state index contributed by atoms with van der Waals surface area (Å²) in [5.74, 6) is 0. The van der Waals surface area contributed by atoms with Crippen molar-refractivity contribution in [3.63, 3.8) is 0 Å². The third-order valence-corrected chi connectivity index (χ3v) is 4.32. The molecule has 0 aliphatic heterocycles. The SMILES string of the molecule is CNS(=O)(=O)c1ccccc1NC(C)c1cnccn1. The van der Waals surface area contributed by atoms with Gasteiger partial charge in [-0.3, -0.25) is 9.97 Å². The monoisotopic (exact) mass is 292 g/mol. The van der Waals surface area contributed by atoms with Crippen molar-refractivity contribution in [3.8, 4) is 0 Å². The highest BCUT2D eigenvalue weighted by Crippen LogP contribution is 2.24. The maximum atomic E-state index is 12.0. The Morgan fingerprint density at radius 3 is 2.60 bits per heavy atom. The van der Waals surface area contributed by atoms with Gasteiger partial charge in [-0.25, -0.2) is 13.1 Å². The van der Waals surface area contributed by atoms with Gasteiger partial charge in [0, 0.05) is 12.4 Å². The second kappa shape index (κ2) is 5.98. The summed E-state index contributed by atoms with van der Waals surface area (Å²) in [7, 11) is -2.12. The molecule has 2 N–H and O–H groups in total. The number of benzene rings is 1. The van der Waals surface area contributed by atoms with Gasteiger partial charge in [-0.15, -0.1) is 0 Å². The number of rotatable bonds is 5. The molecule has 1 aromatic heterocycles. The number of hydrogen-bond acceptors (Lipinski definition) is 5. The molecule has 2 aromatic rings. The van der Waals surface area contributed by atoms with Crippen LogP contribution >= 0.6 is 0 Å². The van der Waals surface area contributed by atoms with Crippen LogP contribution in [0, 0.1) is 0 Å². The molecule has 0 saturated heterocycles. The molecule has 0 amide bonds. The van der Waals surface area contributed by atoms with Crippen LogP contribution in [0.2, 0.25) is 0 Å². The molecular formula is C13H16N4O2S. The van der Waals surface area contributed by atoms with Crippen molar-refractivity contribution in [1.29, 1.82) is 0 Å². The van der Waals surface area contributed by atoms with Crippen LogP contribution in [0.15, 0.2) is 47.8 Å². The van der Waals surface area contributed by atoms with Crippen molar-refractivity contribution in [1.82, 2.24) is 14.7 Å². The molecule has 1 aromatic carbocycles. The van der Waals surface area contributed by atoms with Crippen molar-refractivity contribution in [3.05, 3.63) is 48.5 Å². The molecule has 0 radical (unpaired) electrons. The number of nitrogens with zero attached hydrogens (tertiary/aromatic N) is 2. The first-order valence-corrected chi connectivity index (χ1v) is 7.58. The highest BCUT2D eigenvalue weighted by Gasteiger charge is 2.17. The van der Waals surface area contributed by atoms with E-state index < -0.39 is 10.0 Å². The van der Waals surface area contributed by atoms with E-state index in [4.69, 9.17) is 0 Å². The van der Waals surface area contributed by atoms with Crippen LogP contribution in [0.25, 0.3) is 0 Å². The Labute approximate surface area is 118 Å². The van der Waals surface area contributed by atoms with Crippen molar-refractivity contribution < 1.29 is 8.42 Å². The van der Waals surface area contributed by atoms with Gasteiger partial charge in [-0.1, -0.05) is 12.1 Å². The Bertz CT molecular complexity index is 674. The van der Waals surface area contributed by atoms with Crippen LogP contribution in [0.5, 0.6) is 0 Å². The average Bonchev–Trinajstić information content (AvgIpc) is 2.48. The largest absolute Gasteiger partial charge is 0.376 e. The minimum Gasteiger partial charge on any atom is -0.376 e. The highest BCUT2D eigenvalue weighted by molar-refractivity contribution is 7.89. The zero-order valence-corrected chi connectivity index (χ0v) is 12.1. The van der Waals surface area contributed by atoms with Gasteiger partial charge < -0.3 is 5.32 Å². The summed E-state index contributed by atoms with van der Waals surface area (Å²) in [6.45, 7) is 1.90. The van der Waals surface area contributed by atoms with Gasteiger partial charge in [0.25, 0.3) is 0 Å². The minimum atomic E-state index is -3.51. The molecule has 0 bridgehead atoms. The van der Waals surface area contributed by atoms with Gasteiger partial charge in [0.1, 0.15) is 4.90 Å². The molecule has 1 unspecified atom stereocenters. The fraction of sp³-hybridized carbons (Fsp3) is 0.231. The average molecular weight is 292 g/mol. The lowest BCUT2D eigenvalue weighted by atomic mass is 10.2. The Morgan fingerprint density at radius 1 is 1.20 bits per heavy atom. The number of hydrogen-bond donors (Lipinski definition) is 2. The molecular weight excluding hydrogens is 276 g/mol. The van der Waals surface area contributed by atoms with Gasteiger partial charge in [0.05, 0.1) is 23.6 Å². The molecule has 1 atom stereocenters. The first kappa shape index (κ1) is 14.4. The number of anilines is 1. The number of aromatic nitrogens is 2. The van der Waals surface area contributed by atoms with Gasteiger partial charge in [-0.2, -0.15) is 0 Å². The molecule has 106 valence electrons. The lowest BCUT2D eigenvalue weighted by Crippen LogP contribution is -2.21. The van der Waals surface area contributed by atoms with Crippen LogP contribution < -0.4 is 10.0 Å². The van der Waals surface area contributed by atoms with Crippen LogP contribution in [-0.4, -0.2) is 25.4 Å². The van der Waals surface area contributed by atoms with Crippen molar-refractivity contribution >= 4 is 15.7 Å². The molecule has 7 heteroatoms. The van der Waals surface area contributed by atoms with E-state index >= 15 is 0 Å². The highest BCUT2D eigenvalue weighted by atomic mass is 32.2. The van der Waals surface area contributed by atoms with Crippen LogP contribution in [0.4, 0.5) is 5.69 Å². The molecule has 0 spiro atoms. The number of para-hydroxylation sites is 1. The molecule has 6 nitrogen and oxygen atoms in total. The van der Waals surface area contributed by atoms with E-state index in [1.807, 2.05) is 6.92 Å². The molecule has 0 fully saturated rings. The van der Waals surface area contributed by atoms with Gasteiger partial charge in [0.15, 0.2) is 0 Å². The van der Waals surface area contributed by atoms with E-state index in [0.29, 0.717) is 5.69 Å². The fourth-order valence-electron chi connectivity index (χ4n) is 1.77. The van der Waals surface area contributed by atoms with Crippen molar-refractivity contribution in [2.24, 2.45) is 0 Å². The first-order chi connectivity index (χ1) is 9.54. The smallest absolute Gasteiger partial charge is 0.242 e. The standard InChI is InChI=1S/C13H16N4O2S/c1-10(12-9-15-7-8-16-12)17-11-5-3-4-6-13(11)20(18,19)14-2/h3-10,14,17H,1-2H3. The van der Waals surface area contributed by atoms with Crippen LogP contribution in [0.1, 0.15) is 18.7 Å². The second-order valence-electron chi connectivity index (χ2n) is 4.20. The van der Waals surface area contributed by atoms with E-state index in [9.17, 15) is 8.42 Å². The summed E-state index contributed by atoms with van der Waals surface area (Å²) in [5, 5.41) is 3.15. The molecule has 1 heterocycles. The Morgan fingerprint density at radius 2 is 1.95 bits per heavy atom. The van der Waals surface area contributed by atoms with Crippen molar-refractivity contribution in [2.45, 2.75) is 17.9 Å². The summed E-state index contributed by atoms with van der Waals surface area (Å²) >= 11 is 0. The number of nitrogens with one attached hydrogen (secondary N) is 2. The normalized spacial score (nSPS) is 12.9. The molecule has 0 saturated carbocycles. The zero-order valence-electron chi connectivity index (χ0n) is 11.2. The van der Waals surface area contributed by atoms with Gasteiger partial charge in [0.2, 0.25) is 10.0 Å². The summed E-state index contributed by atoms with van der Waals surface area (Å²) in [6.07, 6.45) is 4.84. The van der Waals surface area contributed by atoms with Crippen molar-refractivity contribution in [2.75, 3.05) is 12.4 Å². The molecule has 0 aliphatic carbocycles. The Balaban J connectivity index is 2.31. The quantitative estimate of drug-likeness (QED) is 0.873. The summed E-state index contributed by atoms with van der Waals surface area (Å²) in [6, 6.07) is 6.58. The Kier molecular flexibility index (Phi) is 4.31. The number of sulfonamides is 1. The predicted octanol–water partition coefficient (Wildman–Crippen LogP) is 1.56. The van der Waals surface area contributed by atoms with E-state index in [1.165, 1.54) is 7.05 Å². The molecule has 0 aliphatic rings. The predicted molar refractivity (Wildman–Crippen MR) is 76.8 cm³/mol. The van der Waals surface area contributed by atoms with E-state index in [0.717, 1.165) is 5.69 Å². The van der Waals surface area contributed by atoms with E-state index in [1.54, 1.807) is 42.9 Å². The third kappa shape index (κ3) is 3.12. The third-order valence-electron chi connectivity index (χ3n) is 2.84. The summed E-state index contributed by atoms with van der Waals surface area (Å²) in [5.41, 5.74) is 1.27. The lowest BCUT2D eigenvalue weighted by molar-refractivity contribution is 0.588. The molecule has 2 rings (SSSR count). The first-order valence-electron chi connectivity index (χ1n) is 6.09. The van der Waals surface area contributed by atoms with Gasteiger partial charge in [-0.05, 0) is 26.1 Å². The van der Waals surface area contributed by atoms with Crippen LogP contribution in [-0.2, 0) is 10.0 Å². The van der Waals surface area contributed by atoms with Crippen LogP contribution in [0.3, 0.4) is 0 Å². The molecule has 20 heavy (non-hydrogen) atoms. The van der Waals surface area contributed by atoms with Gasteiger partial charge >= 0.3 is 0 Å². The van der Waals surface area contributed by atoms with E-state index in [-0.39, 0.29) is 10.9 Å². The zero-order chi connectivity index (χ0) is 14.6. The summed E-state index contributed by atoms with van der Waals surface area (Å²) in [4.78, 5) is 8.41. The fourth-order valence-corrected chi connectivity index (χ4v) is 2.67.